The predicted octanol–water partition coefficient (Wildman–Crippen LogP) is 5.27. The van der Waals surface area contributed by atoms with Gasteiger partial charge < -0.3 is 37.9 Å². The lowest BCUT2D eigenvalue weighted by molar-refractivity contribution is -0.141. The predicted molar refractivity (Wildman–Crippen MR) is 167 cm³/mol. The number of fused-ring (bicyclic) bond motifs is 1. The van der Waals surface area contributed by atoms with Gasteiger partial charge in [0.05, 0.1) is 59.0 Å². The van der Waals surface area contributed by atoms with Crippen molar-refractivity contribution < 1.29 is 61.9 Å². The summed E-state index contributed by atoms with van der Waals surface area (Å²) in [6, 6.07) is 8.49. The van der Waals surface area contributed by atoms with E-state index in [4.69, 9.17) is 44.4 Å². The second kappa shape index (κ2) is 13.1. The molecule has 2 aliphatic rings. The van der Waals surface area contributed by atoms with Crippen molar-refractivity contribution in [1.82, 2.24) is 0 Å². The fraction of sp³-hybridized carbons (Fsp3) is 0.324. The third-order valence-corrected chi connectivity index (χ3v) is 8.85. The maximum atomic E-state index is 14.2. The molecular weight excluding hydrogens is 652 g/mol. The zero-order valence-corrected chi connectivity index (χ0v) is 27.5. The van der Waals surface area contributed by atoms with Gasteiger partial charge in [-0.15, -0.1) is 0 Å². The Kier molecular flexibility index (Phi) is 9.27. The number of esters is 3. The summed E-state index contributed by atoms with van der Waals surface area (Å²) in [7, 11) is 6.23. The van der Waals surface area contributed by atoms with E-state index >= 15 is 0 Å². The monoisotopic (exact) mass is 682 g/mol. The van der Waals surface area contributed by atoms with Gasteiger partial charge in [0.2, 0.25) is 11.4 Å². The first-order chi connectivity index (χ1) is 22.9. The topological polar surface area (TPSA) is 174 Å². The van der Waals surface area contributed by atoms with Gasteiger partial charge in [0, 0.05) is 29.5 Å². The Morgan fingerprint density at radius 2 is 1.56 bits per heavy atom. The van der Waals surface area contributed by atoms with Gasteiger partial charge in [0.25, 0.3) is 0 Å². The SMILES string of the molecule is COC(=O)C[C@H](C1=C(O)[C@@]2(Oc3c(Cl)c(OC)cc(OC)c3C2=O)[C@H](C)CC1=O)c1ccc(-c2cc(C(=O)OC)cc(C(=O)OC)c2)o1. The molecule has 0 saturated heterocycles. The largest absolute Gasteiger partial charge is 0.507 e. The standard InChI is InChI=1S/C34H31ClO13/c1-15-9-20(36)26(30(38)34(15)31(39)27-23(42-2)14-24(43-3)28(35)29(27)48-34)19(13-25(37)44-4)22-8-7-21(47-22)16-10-17(32(40)45-5)12-18(11-16)33(41)46-6/h7-8,10-12,14-15,19,38H,9,13H2,1-6H3/t15-,19+,34+/m1/s1. The number of ether oxygens (including phenoxy) is 6. The number of carbonyl (C=O) groups excluding carboxylic acids is 5. The average molecular weight is 683 g/mol. The molecule has 2 heterocycles. The summed E-state index contributed by atoms with van der Waals surface area (Å²) in [5.74, 6) is -6.07. The van der Waals surface area contributed by atoms with E-state index in [1.807, 2.05) is 0 Å². The molecule has 5 rings (SSSR count). The molecule has 1 aliphatic carbocycles. The molecule has 1 spiro atoms. The molecular formula is C34H31ClO13. The Morgan fingerprint density at radius 1 is 0.938 bits per heavy atom. The first-order valence-corrected chi connectivity index (χ1v) is 14.9. The minimum atomic E-state index is -2.11. The number of hydrogen-bond donors (Lipinski definition) is 1. The Hall–Kier alpha value is -5.30. The highest BCUT2D eigenvalue weighted by molar-refractivity contribution is 6.35. The van der Waals surface area contributed by atoms with E-state index in [-0.39, 0.29) is 68.0 Å². The molecule has 2 aromatic carbocycles. The number of methoxy groups -OCH3 is 5. The van der Waals surface area contributed by atoms with Crippen LogP contribution in [0.5, 0.6) is 17.2 Å². The first-order valence-electron chi connectivity index (χ1n) is 14.5. The number of allylic oxidation sites excluding steroid dienone is 1. The number of Topliss-reactive ketones (excluding diaryl/α,β-unsaturated/α-hetero) is 2. The van der Waals surface area contributed by atoms with E-state index in [1.165, 1.54) is 64.8 Å². The van der Waals surface area contributed by atoms with Gasteiger partial charge in [-0.1, -0.05) is 18.5 Å². The molecule has 1 aromatic heterocycles. The van der Waals surface area contributed by atoms with Crippen molar-refractivity contribution >= 4 is 41.1 Å². The molecule has 0 bridgehead atoms. The van der Waals surface area contributed by atoms with Gasteiger partial charge in [0.15, 0.2) is 17.3 Å². The second-order valence-electron chi connectivity index (χ2n) is 11.1. The average Bonchev–Trinajstić information content (AvgIpc) is 3.70. The molecule has 1 aliphatic heterocycles. The summed E-state index contributed by atoms with van der Waals surface area (Å²) in [6.45, 7) is 1.57. The highest BCUT2D eigenvalue weighted by Crippen LogP contribution is 2.56. The van der Waals surface area contributed by atoms with Crippen LogP contribution < -0.4 is 14.2 Å². The normalized spacial score (nSPS) is 19.0. The van der Waals surface area contributed by atoms with Crippen molar-refractivity contribution in [2.24, 2.45) is 5.92 Å². The van der Waals surface area contributed by atoms with E-state index in [0.717, 1.165) is 7.11 Å². The van der Waals surface area contributed by atoms with Crippen LogP contribution in [-0.4, -0.2) is 75.7 Å². The smallest absolute Gasteiger partial charge is 0.337 e. The number of ketones is 2. The molecule has 0 radical (unpaired) electrons. The lowest BCUT2D eigenvalue weighted by Crippen LogP contribution is -2.53. The molecule has 3 aromatic rings. The minimum absolute atomic E-state index is 0.0262. The van der Waals surface area contributed by atoms with Crippen molar-refractivity contribution in [3.8, 4) is 28.6 Å². The van der Waals surface area contributed by atoms with Gasteiger partial charge in [0.1, 0.15) is 33.6 Å². The van der Waals surface area contributed by atoms with E-state index in [9.17, 15) is 29.1 Å². The van der Waals surface area contributed by atoms with E-state index in [0.29, 0.717) is 0 Å². The first kappa shape index (κ1) is 34.0. The molecule has 252 valence electrons. The van der Waals surface area contributed by atoms with Crippen molar-refractivity contribution in [2.45, 2.75) is 31.3 Å². The lowest BCUT2D eigenvalue weighted by Gasteiger charge is -2.38. The maximum Gasteiger partial charge on any atom is 0.337 e. The number of aliphatic hydroxyl groups is 1. The van der Waals surface area contributed by atoms with Gasteiger partial charge in [-0.05, 0) is 30.3 Å². The number of hydrogen-bond acceptors (Lipinski definition) is 13. The zero-order chi connectivity index (χ0) is 35.1. The third-order valence-electron chi connectivity index (χ3n) is 8.49. The van der Waals surface area contributed by atoms with E-state index in [1.54, 1.807) is 6.92 Å². The van der Waals surface area contributed by atoms with Crippen molar-refractivity contribution in [3.63, 3.8) is 0 Å². The van der Waals surface area contributed by atoms with E-state index in [2.05, 4.69) is 0 Å². The van der Waals surface area contributed by atoms with Crippen molar-refractivity contribution in [2.75, 3.05) is 35.5 Å². The summed E-state index contributed by atoms with van der Waals surface area (Å²) in [5, 5.41) is 11.9. The summed E-state index contributed by atoms with van der Waals surface area (Å²) in [5.41, 5.74) is -2.14. The van der Waals surface area contributed by atoms with Crippen LogP contribution >= 0.6 is 11.6 Å². The molecule has 0 fully saturated rings. The number of furan rings is 1. The second-order valence-corrected chi connectivity index (χ2v) is 11.5. The lowest BCUT2D eigenvalue weighted by atomic mass is 9.69. The summed E-state index contributed by atoms with van der Waals surface area (Å²) >= 11 is 6.54. The number of benzene rings is 2. The summed E-state index contributed by atoms with van der Waals surface area (Å²) in [6.07, 6.45) is -0.737. The Balaban J connectivity index is 1.67. The Morgan fingerprint density at radius 3 is 2.12 bits per heavy atom. The number of carbonyl (C=O) groups is 5. The van der Waals surface area contributed by atoms with Crippen LogP contribution in [0.2, 0.25) is 5.02 Å². The van der Waals surface area contributed by atoms with Crippen molar-refractivity contribution in [1.29, 1.82) is 0 Å². The van der Waals surface area contributed by atoms with Gasteiger partial charge in [-0.25, -0.2) is 9.59 Å². The maximum absolute atomic E-state index is 14.2. The summed E-state index contributed by atoms with van der Waals surface area (Å²) < 4.78 is 37.6. The number of rotatable bonds is 9. The molecule has 0 amide bonds. The van der Waals surface area contributed by atoms with Gasteiger partial charge in [-0.2, -0.15) is 0 Å². The molecule has 14 heteroatoms. The molecule has 13 nitrogen and oxygen atoms in total. The van der Waals surface area contributed by atoms with Gasteiger partial charge >= 0.3 is 17.9 Å². The fourth-order valence-electron chi connectivity index (χ4n) is 6.07. The molecule has 0 unspecified atom stereocenters. The van der Waals surface area contributed by atoms with Crippen molar-refractivity contribution in [3.05, 3.63) is 75.2 Å². The fourth-order valence-corrected chi connectivity index (χ4v) is 6.33. The summed E-state index contributed by atoms with van der Waals surface area (Å²) in [4.78, 5) is 65.4. The third kappa shape index (κ3) is 5.43. The van der Waals surface area contributed by atoms with Crippen LogP contribution in [0.3, 0.4) is 0 Å². The minimum Gasteiger partial charge on any atom is -0.507 e. The Bertz CT molecular complexity index is 1850. The molecule has 3 atom stereocenters. The zero-order valence-electron chi connectivity index (χ0n) is 26.8. The molecule has 1 N–H and O–H groups in total. The van der Waals surface area contributed by atoms with Crippen LogP contribution in [0.25, 0.3) is 11.3 Å². The van der Waals surface area contributed by atoms with Crippen LogP contribution in [0, 0.1) is 5.92 Å². The highest BCUT2D eigenvalue weighted by atomic mass is 35.5. The quantitative estimate of drug-likeness (QED) is 0.228. The van der Waals surface area contributed by atoms with Crippen LogP contribution in [0.1, 0.15) is 62.5 Å². The van der Waals surface area contributed by atoms with Crippen LogP contribution in [0.4, 0.5) is 0 Å². The van der Waals surface area contributed by atoms with Gasteiger partial charge in [-0.3, -0.25) is 14.4 Å². The number of aliphatic hydroxyl groups excluding tert-OH is 1. The Labute approximate surface area is 279 Å². The highest BCUT2D eigenvalue weighted by Gasteiger charge is 2.61. The molecule has 48 heavy (non-hydrogen) atoms. The van der Waals surface area contributed by atoms with Crippen LogP contribution in [-0.2, 0) is 23.8 Å². The molecule has 0 saturated carbocycles. The van der Waals surface area contributed by atoms with Crippen LogP contribution in [0.15, 0.2) is 52.1 Å². The van der Waals surface area contributed by atoms with E-state index < -0.39 is 59.1 Å². The number of halogens is 1.